The molecule has 0 radical (unpaired) electrons. The van der Waals surface area contributed by atoms with Crippen molar-refractivity contribution in [2.24, 2.45) is 0 Å². The molecule has 0 saturated heterocycles. The van der Waals surface area contributed by atoms with Crippen LogP contribution in [0.3, 0.4) is 0 Å². The molecule has 1 unspecified atom stereocenters. The molecule has 1 rings (SSSR count). The number of hydrogen-bond donors (Lipinski definition) is 0. The van der Waals surface area contributed by atoms with Gasteiger partial charge in [-0.15, -0.1) is 0 Å². The van der Waals surface area contributed by atoms with Crippen molar-refractivity contribution in [3.05, 3.63) is 29.3 Å². The molecule has 0 bridgehead atoms. The molecule has 17 heavy (non-hydrogen) atoms. The molecule has 0 aromatic heterocycles. The van der Waals surface area contributed by atoms with Gasteiger partial charge in [0.05, 0.1) is 11.7 Å². The molecule has 0 aliphatic rings. The zero-order valence-corrected chi connectivity index (χ0v) is 9.97. The first-order chi connectivity index (χ1) is 7.84. The lowest BCUT2D eigenvalue weighted by Crippen LogP contribution is -2.18. The van der Waals surface area contributed by atoms with Crippen LogP contribution < -0.4 is 4.74 Å². The highest BCUT2D eigenvalue weighted by Crippen LogP contribution is 2.36. The molecule has 0 saturated carbocycles. The lowest BCUT2D eigenvalue weighted by atomic mass is 10.1. The largest absolute Gasteiger partial charge is 0.490 e. The van der Waals surface area contributed by atoms with Gasteiger partial charge >= 0.3 is 6.18 Å². The molecule has 0 N–H and O–H groups in total. The number of aryl methyl sites for hydroxylation is 1. The number of hydrogen-bond acceptors (Lipinski definition) is 2. The molecule has 2 nitrogen and oxygen atoms in total. The Labute approximate surface area is 98.3 Å². The molecule has 96 valence electrons. The summed E-state index contributed by atoms with van der Waals surface area (Å²) in [6.45, 7) is 3.42. The van der Waals surface area contributed by atoms with Crippen LogP contribution in [0.25, 0.3) is 0 Å². The van der Waals surface area contributed by atoms with Crippen LogP contribution in [-0.2, 0) is 10.9 Å². The fourth-order valence-corrected chi connectivity index (χ4v) is 1.27. The molecule has 1 aromatic rings. The second-order valence-electron chi connectivity index (χ2n) is 3.85. The van der Waals surface area contributed by atoms with E-state index in [0.717, 1.165) is 6.07 Å². The Morgan fingerprint density at radius 3 is 2.47 bits per heavy atom. The molecule has 0 aliphatic carbocycles. The summed E-state index contributed by atoms with van der Waals surface area (Å²) < 4.78 is 48.2. The van der Waals surface area contributed by atoms with E-state index in [1.54, 1.807) is 19.9 Å². The lowest BCUT2D eigenvalue weighted by molar-refractivity contribution is -0.139. The van der Waals surface area contributed by atoms with Crippen molar-refractivity contribution < 1.29 is 22.6 Å². The normalized spacial score (nSPS) is 13.5. The van der Waals surface area contributed by atoms with E-state index in [9.17, 15) is 13.2 Å². The summed E-state index contributed by atoms with van der Waals surface area (Å²) in [5, 5.41) is 0. The monoisotopic (exact) mass is 248 g/mol. The highest BCUT2D eigenvalue weighted by Gasteiger charge is 2.34. The number of halogens is 3. The number of benzene rings is 1. The maximum absolute atomic E-state index is 12.7. The summed E-state index contributed by atoms with van der Waals surface area (Å²) in [7, 11) is 1.48. The van der Waals surface area contributed by atoms with E-state index in [1.807, 2.05) is 0 Å². The molecular weight excluding hydrogens is 233 g/mol. The number of methoxy groups -OCH3 is 1. The molecule has 5 heteroatoms. The summed E-state index contributed by atoms with van der Waals surface area (Å²) in [6.07, 6.45) is -4.66. The Morgan fingerprint density at radius 2 is 1.94 bits per heavy atom. The summed E-state index contributed by atoms with van der Waals surface area (Å²) >= 11 is 0. The van der Waals surface area contributed by atoms with Gasteiger partial charge in [-0.1, -0.05) is 11.6 Å². The predicted octanol–water partition coefficient (Wildman–Crippen LogP) is 3.43. The van der Waals surface area contributed by atoms with Crippen LogP contribution in [0.1, 0.15) is 18.1 Å². The van der Waals surface area contributed by atoms with Gasteiger partial charge in [-0.3, -0.25) is 0 Å². The van der Waals surface area contributed by atoms with Crippen LogP contribution in [-0.4, -0.2) is 19.8 Å². The van der Waals surface area contributed by atoms with Crippen LogP contribution in [0.5, 0.6) is 5.75 Å². The third-order valence-corrected chi connectivity index (χ3v) is 2.32. The molecule has 0 heterocycles. The van der Waals surface area contributed by atoms with Gasteiger partial charge in [-0.25, -0.2) is 0 Å². The number of ether oxygens (including phenoxy) is 2. The number of alkyl halides is 3. The van der Waals surface area contributed by atoms with Crippen LogP contribution in [0.4, 0.5) is 13.2 Å². The van der Waals surface area contributed by atoms with Crippen LogP contribution >= 0.6 is 0 Å². The zero-order valence-electron chi connectivity index (χ0n) is 9.97. The molecule has 0 fully saturated rings. The van der Waals surface area contributed by atoms with Crippen molar-refractivity contribution in [1.29, 1.82) is 0 Å². The fraction of sp³-hybridized carbons (Fsp3) is 0.500. The molecule has 1 atom stereocenters. The van der Waals surface area contributed by atoms with E-state index in [-0.39, 0.29) is 18.5 Å². The molecule has 0 aliphatic heterocycles. The number of rotatable bonds is 4. The third-order valence-electron chi connectivity index (χ3n) is 2.32. The Morgan fingerprint density at radius 1 is 1.29 bits per heavy atom. The second-order valence-corrected chi connectivity index (χ2v) is 3.85. The topological polar surface area (TPSA) is 18.5 Å². The lowest BCUT2D eigenvalue weighted by Gasteiger charge is -2.16. The standard InChI is InChI=1S/C12H15F3O2/c1-8-4-5-11(17-7-9(2)16-3)10(6-8)12(13,14)15/h4-6,9H,7H2,1-3H3. The van der Waals surface area contributed by atoms with Gasteiger partial charge in [0.25, 0.3) is 0 Å². The molecule has 1 aromatic carbocycles. The first-order valence-corrected chi connectivity index (χ1v) is 5.18. The minimum Gasteiger partial charge on any atom is -0.490 e. The van der Waals surface area contributed by atoms with Gasteiger partial charge < -0.3 is 9.47 Å². The highest BCUT2D eigenvalue weighted by molar-refractivity contribution is 5.38. The first-order valence-electron chi connectivity index (χ1n) is 5.18. The van der Waals surface area contributed by atoms with E-state index in [4.69, 9.17) is 9.47 Å². The highest BCUT2D eigenvalue weighted by atomic mass is 19.4. The van der Waals surface area contributed by atoms with E-state index in [2.05, 4.69) is 0 Å². The Kier molecular flexibility index (Phi) is 4.40. The SMILES string of the molecule is COC(C)COc1ccc(C)cc1C(F)(F)F. The van der Waals surface area contributed by atoms with E-state index in [1.165, 1.54) is 13.2 Å². The Hall–Kier alpha value is -1.23. The summed E-state index contributed by atoms with van der Waals surface area (Å²) in [6, 6.07) is 4.00. The van der Waals surface area contributed by atoms with Crippen LogP contribution in [0.15, 0.2) is 18.2 Å². The van der Waals surface area contributed by atoms with E-state index < -0.39 is 11.7 Å². The van der Waals surface area contributed by atoms with Crippen molar-refractivity contribution >= 4 is 0 Å². The summed E-state index contributed by atoms with van der Waals surface area (Å²) in [4.78, 5) is 0. The second kappa shape index (κ2) is 5.40. The molecule has 0 spiro atoms. The summed E-state index contributed by atoms with van der Waals surface area (Å²) in [5.41, 5.74) is -0.203. The van der Waals surface area contributed by atoms with Crippen molar-refractivity contribution in [2.75, 3.05) is 13.7 Å². The fourth-order valence-electron chi connectivity index (χ4n) is 1.27. The van der Waals surface area contributed by atoms with Gasteiger partial charge in [0.2, 0.25) is 0 Å². The van der Waals surface area contributed by atoms with E-state index >= 15 is 0 Å². The van der Waals surface area contributed by atoms with Crippen molar-refractivity contribution in [3.63, 3.8) is 0 Å². The molecular formula is C12H15F3O2. The van der Waals surface area contributed by atoms with Gasteiger partial charge in [0.15, 0.2) is 0 Å². The first kappa shape index (κ1) is 13.8. The summed E-state index contributed by atoms with van der Waals surface area (Å²) in [5.74, 6) is -0.160. The van der Waals surface area contributed by atoms with Crippen LogP contribution in [0.2, 0.25) is 0 Å². The van der Waals surface area contributed by atoms with Gasteiger partial charge in [0.1, 0.15) is 12.4 Å². The Bertz CT molecular complexity index is 375. The minimum absolute atomic E-state index is 0.0860. The van der Waals surface area contributed by atoms with Crippen LogP contribution in [0, 0.1) is 6.92 Å². The van der Waals surface area contributed by atoms with Gasteiger partial charge in [0, 0.05) is 7.11 Å². The molecule has 0 amide bonds. The average molecular weight is 248 g/mol. The third kappa shape index (κ3) is 3.93. The smallest absolute Gasteiger partial charge is 0.419 e. The average Bonchev–Trinajstić information content (AvgIpc) is 2.25. The van der Waals surface area contributed by atoms with Crippen molar-refractivity contribution in [2.45, 2.75) is 26.1 Å². The quantitative estimate of drug-likeness (QED) is 0.812. The van der Waals surface area contributed by atoms with E-state index in [0.29, 0.717) is 5.56 Å². The minimum atomic E-state index is -4.41. The van der Waals surface area contributed by atoms with Crippen molar-refractivity contribution in [1.82, 2.24) is 0 Å². The zero-order chi connectivity index (χ0) is 13.1. The maximum atomic E-state index is 12.7. The van der Waals surface area contributed by atoms with Crippen molar-refractivity contribution in [3.8, 4) is 5.75 Å². The predicted molar refractivity (Wildman–Crippen MR) is 58.1 cm³/mol. The Balaban J connectivity index is 2.91. The maximum Gasteiger partial charge on any atom is 0.419 e. The van der Waals surface area contributed by atoms with Gasteiger partial charge in [-0.2, -0.15) is 13.2 Å². The van der Waals surface area contributed by atoms with Gasteiger partial charge in [-0.05, 0) is 26.0 Å².